The normalized spacial score (nSPS) is 17.5. The fraction of sp³-hybridized carbons (Fsp3) is 0.647. The van der Waals surface area contributed by atoms with Crippen LogP contribution in [0.4, 0.5) is 5.82 Å². The van der Waals surface area contributed by atoms with E-state index in [4.69, 9.17) is 5.73 Å². The molecule has 1 saturated heterocycles. The van der Waals surface area contributed by atoms with Crippen LogP contribution in [-0.4, -0.2) is 30.0 Å². The minimum absolute atomic E-state index is 0.00234. The maximum atomic E-state index is 11.8. The molecule has 0 bridgehead atoms. The SMILES string of the molecule is C[C@@H](N)CC(=O)NCc1cccnc1N1CCCCCCC1. The number of aromatic nitrogens is 1. The van der Waals surface area contributed by atoms with Crippen molar-refractivity contribution >= 4 is 11.7 Å². The van der Waals surface area contributed by atoms with E-state index < -0.39 is 0 Å². The quantitative estimate of drug-likeness (QED) is 0.875. The van der Waals surface area contributed by atoms with Gasteiger partial charge in [0.15, 0.2) is 0 Å². The number of carbonyl (C=O) groups is 1. The molecule has 0 saturated carbocycles. The molecule has 1 aliphatic heterocycles. The summed E-state index contributed by atoms with van der Waals surface area (Å²) >= 11 is 0. The highest BCUT2D eigenvalue weighted by molar-refractivity contribution is 5.76. The molecule has 22 heavy (non-hydrogen) atoms. The molecule has 1 fully saturated rings. The van der Waals surface area contributed by atoms with Crippen LogP contribution in [0, 0.1) is 0 Å². The Morgan fingerprint density at radius 1 is 1.32 bits per heavy atom. The van der Waals surface area contributed by atoms with Crippen LogP contribution in [-0.2, 0) is 11.3 Å². The van der Waals surface area contributed by atoms with E-state index in [0.29, 0.717) is 13.0 Å². The van der Waals surface area contributed by atoms with Crippen molar-refractivity contribution in [1.82, 2.24) is 10.3 Å². The molecule has 1 aromatic rings. The molecule has 0 radical (unpaired) electrons. The summed E-state index contributed by atoms with van der Waals surface area (Å²) in [5, 5.41) is 2.95. The zero-order valence-corrected chi connectivity index (χ0v) is 13.6. The van der Waals surface area contributed by atoms with Gasteiger partial charge >= 0.3 is 0 Å². The van der Waals surface area contributed by atoms with E-state index >= 15 is 0 Å². The Labute approximate surface area is 133 Å². The lowest BCUT2D eigenvalue weighted by Gasteiger charge is -2.27. The maximum Gasteiger partial charge on any atom is 0.221 e. The number of anilines is 1. The predicted molar refractivity (Wildman–Crippen MR) is 89.6 cm³/mol. The minimum Gasteiger partial charge on any atom is -0.356 e. The van der Waals surface area contributed by atoms with Crippen LogP contribution < -0.4 is 16.0 Å². The van der Waals surface area contributed by atoms with Gasteiger partial charge in [0, 0.05) is 43.9 Å². The predicted octanol–water partition coefficient (Wildman–Crippen LogP) is 2.21. The number of hydrogen-bond acceptors (Lipinski definition) is 4. The van der Waals surface area contributed by atoms with Gasteiger partial charge in [0.05, 0.1) is 0 Å². The Morgan fingerprint density at radius 2 is 2.00 bits per heavy atom. The van der Waals surface area contributed by atoms with E-state index in [-0.39, 0.29) is 11.9 Å². The van der Waals surface area contributed by atoms with Crippen LogP contribution in [0.3, 0.4) is 0 Å². The summed E-state index contributed by atoms with van der Waals surface area (Å²) in [5.74, 6) is 1.02. The van der Waals surface area contributed by atoms with Crippen molar-refractivity contribution in [3.05, 3.63) is 23.9 Å². The lowest BCUT2D eigenvalue weighted by molar-refractivity contribution is -0.121. The summed E-state index contributed by atoms with van der Waals surface area (Å²) in [4.78, 5) is 18.7. The van der Waals surface area contributed by atoms with Crippen molar-refractivity contribution in [3.63, 3.8) is 0 Å². The first-order chi connectivity index (χ1) is 10.7. The molecule has 122 valence electrons. The Kier molecular flexibility index (Phi) is 6.65. The van der Waals surface area contributed by atoms with E-state index in [9.17, 15) is 4.79 Å². The summed E-state index contributed by atoms with van der Waals surface area (Å²) in [6, 6.07) is 3.87. The molecule has 1 aromatic heterocycles. The monoisotopic (exact) mass is 304 g/mol. The van der Waals surface area contributed by atoms with E-state index in [1.807, 2.05) is 25.3 Å². The lowest BCUT2D eigenvalue weighted by atomic mass is 10.1. The zero-order chi connectivity index (χ0) is 15.8. The highest BCUT2D eigenvalue weighted by Crippen LogP contribution is 2.21. The Balaban J connectivity index is 2.00. The van der Waals surface area contributed by atoms with Gasteiger partial charge in [-0.15, -0.1) is 0 Å². The fourth-order valence-corrected chi connectivity index (χ4v) is 2.87. The second-order valence-electron chi connectivity index (χ2n) is 6.20. The van der Waals surface area contributed by atoms with Crippen LogP contribution in [0.15, 0.2) is 18.3 Å². The number of nitrogens with zero attached hydrogens (tertiary/aromatic N) is 2. The highest BCUT2D eigenvalue weighted by atomic mass is 16.1. The van der Waals surface area contributed by atoms with Crippen molar-refractivity contribution in [2.75, 3.05) is 18.0 Å². The fourth-order valence-electron chi connectivity index (χ4n) is 2.87. The van der Waals surface area contributed by atoms with Crippen molar-refractivity contribution in [3.8, 4) is 0 Å². The second kappa shape index (κ2) is 8.73. The number of hydrogen-bond donors (Lipinski definition) is 2. The van der Waals surface area contributed by atoms with Crippen LogP contribution in [0.2, 0.25) is 0 Å². The van der Waals surface area contributed by atoms with E-state index in [0.717, 1.165) is 24.5 Å². The molecular formula is C17H28N4O. The molecule has 3 N–H and O–H groups in total. The highest BCUT2D eigenvalue weighted by Gasteiger charge is 2.14. The van der Waals surface area contributed by atoms with Crippen LogP contribution in [0.25, 0.3) is 0 Å². The van der Waals surface area contributed by atoms with Crippen molar-refractivity contribution < 1.29 is 4.79 Å². The van der Waals surface area contributed by atoms with E-state index in [1.54, 1.807) is 0 Å². The van der Waals surface area contributed by atoms with Gasteiger partial charge in [0.25, 0.3) is 0 Å². The Bertz CT molecular complexity index is 467. The molecule has 2 rings (SSSR count). The van der Waals surface area contributed by atoms with Crippen LogP contribution >= 0.6 is 0 Å². The molecule has 0 unspecified atom stereocenters. The molecule has 0 aromatic carbocycles. The largest absolute Gasteiger partial charge is 0.356 e. The van der Waals surface area contributed by atoms with Gasteiger partial charge in [-0.1, -0.05) is 25.3 Å². The smallest absolute Gasteiger partial charge is 0.221 e. The first kappa shape index (κ1) is 16.7. The molecule has 1 amide bonds. The first-order valence-corrected chi connectivity index (χ1v) is 8.38. The third kappa shape index (κ3) is 5.30. The summed E-state index contributed by atoms with van der Waals surface area (Å²) in [5.41, 5.74) is 6.74. The van der Waals surface area contributed by atoms with E-state index in [2.05, 4.69) is 15.2 Å². The summed E-state index contributed by atoms with van der Waals surface area (Å²) in [6.07, 6.45) is 8.56. The van der Waals surface area contributed by atoms with Gasteiger partial charge < -0.3 is 16.0 Å². The van der Waals surface area contributed by atoms with Crippen LogP contribution in [0.1, 0.15) is 51.0 Å². The number of nitrogens with one attached hydrogen (secondary N) is 1. The minimum atomic E-state index is -0.109. The third-order valence-corrected chi connectivity index (χ3v) is 4.01. The average molecular weight is 304 g/mol. The van der Waals surface area contributed by atoms with Crippen molar-refractivity contribution in [2.24, 2.45) is 5.73 Å². The van der Waals surface area contributed by atoms with Gasteiger partial charge in [-0.25, -0.2) is 4.98 Å². The molecule has 1 aliphatic rings. The standard InChI is InChI=1S/C17H28N4O/c1-14(18)12-16(22)20-13-15-8-7-9-19-17(15)21-10-5-3-2-4-6-11-21/h7-9,14H,2-6,10-13,18H2,1H3,(H,20,22)/t14-/m1/s1. The molecule has 0 spiro atoms. The number of amides is 1. The first-order valence-electron chi connectivity index (χ1n) is 8.38. The number of carbonyl (C=O) groups excluding carboxylic acids is 1. The Hall–Kier alpha value is -1.62. The molecule has 1 atom stereocenters. The van der Waals surface area contributed by atoms with Gasteiger partial charge in [-0.05, 0) is 25.8 Å². The van der Waals surface area contributed by atoms with Gasteiger partial charge in [0.1, 0.15) is 5.82 Å². The van der Waals surface area contributed by atoms with Crippen LogP contribution in [0.5, 0.6) is 0 Å². The molecular weight excluding hydrogens is 276 g/mol. The topological polar surface area (TPSA) is 71.2 Å². The zero-order valence-electron chi connectivity index (χ0n) is 13.6. The second-order valence-corrected chi connectivity index (χ2v) is 6.20. The van der Waals surface area contributed by atoms with Gasteiger partial charge in [0.2, 0.25) is 5.91 Å². The molecule has 5 nitrogen and oxygen atoms in total. The maximum absolute atomic E-state index is 11.8. The van der Waals surface area contributed by atoms with Crippen molar-refractivity contribution in [2.45, 2.75) is 58.0 Å². The third-order valence-electron chi connectivity index (χ3n) is 4.01. The van der Waals surface area contributed by atoms with Crippen molar-refractivity contribution in [1.29, 1.82) is 0 Å². The summed E-state index contributed by atoms with van der Waals surface area (Å²) in [6.45, 7) is 4.47. The molecule has 0 aliphatic carbocycles. The van der Waals surface area contributed by atoms with Gasteiger partial charge in [-0.2, -0.15) is 0 Å². The number of rotatable bonds is 5. The molecule has 5 heteroatoms. The lowest BCUT2D eigenvalue weighted by Crippen LogP contribution is -2.32. The average Bonchev–Trinajstić information content (AvgIpc) is 2.45. The van der Waals surface area contributed by atoms with Gasteiger partial charge in [-0.3, -0.25) is 4.79 Å². The summed E-state index contributed by atoms with van der Waals surface area (Å²) < 4.78 is 0. The Morgan fingerprint density at radius 3 is 2.68 bits per heavy atom. The number of pyridine rings is 1. The van der Waals surface area contributed by atoms with E-state index in [1.165, 1.54) is 32.1 Å². The number of nitrogens with two attached hydrogens (primary N) is 1. The molecule has 2 heterocycles. The summed E-state index contributed by atoms with van der Waals surface area (Å²) in [7, 11) is 0.